The van der Waals surface area contributed by atoms with E-state index in [1.54, 1.807) is 42.5 Å². The van der Waals surface area contributed by atoms with E-state index in [4.69, 9.17) is 16.2 Å². The molecule has 13 heteroatoms. The van der Waals surface area contributed by atoms with Crippen molar-refractivity contribution in [2.24, 2.45) is 16.0 Å². The molecule has 0 unspecified atom stereocenters. The van der Waals surface area contributed by atoms with E-state index in [9.17, 15) is 23.2 Å². The number of halogens is 2. The van der Waals surface area contributed by atoms with Crippen LogP contribution in [-0.4, -0.2) is 57.4 Å². The molecule has 11 nitrogen and oxygen atoms in total. The van der Waals surface area contributed by atoms with Gasteiger partial charge in [-0.05, 0) is 117 Å². The van der Waals surface area contributed by atoms with E-state index < -0.39 is 41.7 Å². The molecule has 0 aliphatic heterocycles. The number of unbranched alkanes of at least 4 members (excludes halogenated alkanes) is 1. The maximum atomic E-state index is 14.9. The number of anilines is 2. The van der Waals surface area contributed by atoms with E-state index >= 15 is 0 Å². The molecule has 0 bridgehead atoms. The topological polar surface area (TPSA) is 165 Å². The molecule has 0 radical (unpaired) electrons. The van der Waals surface area contributed by atoms with Gasteiger partial charge < -0.3 is 31.7 Å². The molecular formula is C37H41F2N7O4. The van der Waals surface area contributed by atoms with Crippen molar-refractivity contribution in [1.29, 1.82) is 0 Å². The molecule has 0 heterocycles. The number of rotatable bonds is 17. The molecule has 50 heavy (non-hydrogen) atoms. The molecular weight excluding hydrogens is 644 g/mol. The Morgan fingerprint density at radius 1 is 0.840 bits per heavy atom. The van der Waals surface area contributed by atoms with E-state index in [2.05, 4.69) is 20.9 Å². The predicted molar refractivity (Wildman–Crippen MR) is 189 cm³/mol. The fourth-order valence-corrected chi connectivity index (χ4v) is 4.90. The second-order valence-corrected chi connectivity index (χ2v) is 11.7. The summed E-state index contributed by atoms with van der Waals surface area (Å²) in [5.41, 5.74) is 15.0. The van der Waals surface area contributed by atoms with Crippen LogP contribution in [0, 0.1) is 11.6 Å². The van der Waals surface area contributed by atoms with Crippen LogP contribution in [0.4, 0.5) is 31.5 Å². The Labute approximate surface area is 289 Å². The smallest absolute Gasteiger partial charge is 0.251 e. The summed E-state index contributed by atoms with van der Waals surface area (Å²) in [4.78, 5) is 40.4. The lowest BCUT2D eigenvalue weighted by molar-refractivity contribution is -0.123. The Kier molecular flexibility index (Phi) is 13.5. The van der Waals surface area contributed by atoms with Crippen molar-refractivity contribution in [2.75, 3.05) is 44.4 Å². The Morgan fingerprint density at radius 2 is 1.48 bits per heavy atom. The number of carbonyl (C=O) groups excluding carboxylic acids is 3. The summed E-state index contributed by atoms with van der Waals surface area (Å²) in [7, 11) is 3.90. The van der Waals surface area contributed by atoms with Gasteiger partial charge in [0.2, 0.25) is 0 Å². The SMILES string of the molecule is CN(C)c1ccc(/N=N/c2ccc(C(=O)NCCc3cc(F)c(OCC(=O)[C@H](CCCCN)NC(=O)c4cccc(N)c4)c(F)c3)cc2)cc1. The molecule has 4 rings (SSSR count). The standard InChI is InChI=1S/C37H41F2N7O4/c1-46(2)30-15-13-29(14-16-30)45-44-28-11-9-25(10-12-28)36(48)42-19-17-24-20-31(38)35(32(39)21-24)50-23-34(47)33(8-3-4-18-40)43-37(49)26-6-5-7-27(41)22-26/h5-7,9-16,20-22,33H,3-4,8,17-19,23,40-41H2,1-2H3,(H,42,48)(H,43,49)/b45-44+/t33-/m0/s1. The summed E-state index contributed by atoms with van der Waals surface area (Å²) in [6.45, 7) is -0.155. The highest BCUT2D eigenvalue weighted by Gasteiger charge is 2.23. The number of ketones is 1. The lowest BCUT2D eigenvalue weighted by Gasteiger charge is -2.18. The van der Waals surface area contributed by atoms with Gasteiger partial charge in [-0.2, -0.15) is 10.2 Å². The summed E-state index contributed by atoms with van der Waals surface area (Å²) >= 11 is 0. The molecule has 4 aromatic rings. The molecule has 2 amide bonds. The van der Waals surface area contributed by atoms with Crippen molar-refractivity contribution in [3.05, 3.63) is 113 Å². The van der Waals surface area contributed by atoms with Crippen molar-refractivity contribution in [3.8, 4) is 5.75 Å². The van der Waals surface area contributed by atoms with Crippen molar-refractivity contribution in [3.63, 3.8) is 0 Å². The minimum Gasteiger partial charge on any atom is -0.480 e. The van der Waals surface area contributed by atoms with Crippen molar-refractivity contribution in [1.82, 2.24) is 10.6 Å². The van der Waals surface area contributed by atoms with Crippen molar-refractivity contribution < 1.29 is 27.9 Å². The number of nitrogens with one attached hydrogen (secondary N) is 2. The molecule has 1 atom stereocenters. The lowest BCUT2D eigenvalue weighted by atomic mass is 10.0. The molecule has 262 valence electrons. The monoisotopic (exact) mass is 685 g/mol. The van der Waals surface area contributed by atoms with Crippen LogP contribution in [-0.2, 0) is 11.2 Å². The Bertz CT molecular complexity index is 1780. The summed E-state index contributed by atoms with van der Waals surface area (Å²) in [5, 5.41) is 13.8. The van der Waals surface area contributed by atoms with Gasteiger partial charge in [0.25, 0.3) is 11.8 Å². The zero-order chi connectivity index (χ0) is 36.0. The predicted octanol–water partition coefficient (Wildman–Crippen LogP) is 5.88. The van der Waals surface area contributed by atoms with Crippen LogP contribution in [0.3, 0.4) is 0 Å². The number of amides is 2. The van der Waals surface area contributed by atoms with Crippen LogP contribution < -0.4 is 31.7 Å². The lowest BCUT2D eigenvalue weighted by Crippen LogP contribution is -2.43. The first-order valence-corrected chi connectivity index (χ1v) is 16.1. The first-order chi connectivity index (χ1) is 24.0. The summed E-state index contributed by atoms with van der Waals surface area (Å²) < 4.78 is 35.1. The molecule has 0 spiro atoms. The number of nitrogens with zero attached hydrogens (tertiary/aromatic N) is 3. The quantitative estimate of drug-likeness (QED) is 0.0613. The Morgan fingerprint density at radius 3 is 2.08 bits per heavy atom. The minimum absolute atomic E-state index is 0.109. The summed E-state index contributed by atoms with van der Waals surface area (Å²) in [6, 6.07) is 21.6. The average molecular weight is 686 g/mol. The first kappa shape index (κ1) is 37.1. The van der Waals surface area contributed by atoms with Crippen LogP contribution >= 0.6 is 0 Å². The third-order valence-electron chi connectivity index (χ3n) is 7.68. The number of nitrogens with two attached hydrogens (primary N) is 2. The molecule has 0 saturated carbocycles. The van der Waals surface area contributed by atoms with E-state index in [0.717, 1.165) is 17.8 Å². The highest BCUT2D eigenvalue weighted by atomic mass is 19.1. The number of Topliss-reactive ketones (excluding diaryl/α,β-unsaturated/α-hetero) is 1. The van der Waals surface area contributed by atoms with E-state index in [1.165, 1.54) is 6.07 Å². The largest absolute Gasteiger partial charge is 0.480 e. The molecule has 4 aromatic carbocycles. The van der Waals surface area contributed by atoms with Crippen LogP contribution in [0.25, 0.3) is 0 Å². The van der Waals surface area contributed by atoms with Crippen LogP contribution in [0.1, 0.15) is 45.5 Å². The van der Waals surface area contributed by atoms with Crippen molar-refractivity contribution >= 4 is 40.3 Å². The van der Waals surface area contributed by atoms with Gasteiger partial charge in [-0.3, -0.25) is 14.4 Å². The Balaban J connectivity index is 1.28. The number of nitrogen functional groups attached to an aromatic ring is 1. The van der Waals surface area contributed by atoms with Gasteiger partial charge >= 0.3 is 0 Å². The number of carbonyl (C=O) groups is 3. The molecule has 0 aliphatic carbocycles. The number of azo groups is 1. The number of hydrogen-bond acceptors (Lipinski definition) is 9. The second-order valence-electron chi connectivity index (χ2n) is 11.7. The van der Waals surface area contributed by atoms with Gasteiger partial charge in [0, 0.05) is 43.1 Å². The molecule has 0 aliphatic rings. The maximum absolute atomic E-state index is 14.9. The van der Waals surface area contributed by atoms with E-state index in [1.807, 2.05) is 43.3 Å². The molecule has 0 fully saturated rings. The van der Waals surface area contributed by atoms with Crippen LogP contribution in [0.15, 0.2) is 95.2 Å². The highest BCUT2D eigenvalue weighted by molar-refractivity contribution is 5.98. The summed E-state index contributed by atoms with van der Waals surface area (Å²) in [6.07, 6.45) is 1.57. The van der Waals surface area contributed by atoms with Gasteiger partial charge in [-0.1, -0.05) is 6.07 Å². The van der Waals surface area contributed by atoms with Gasteiger partial charge in [-0.25, -0.2) is 8.78 Å². The minimum atomic E-state index is -0.999. The van der Waals surface area contributed by atoms with Gasteiger partial charge in [0.05, 0.1) is 17.4 Å². The number of ether oxygens (including phenoxy) is 1. The fraction of sp³-hybridized carbons (Fsp3) is 0.270. The number of benzene rings is 4. The van der Waals surface area contributed by atoms with Crippen LogP contribution in [0.5, 0.6) is 5.75 Å². The second kappa shape index (κ2) is 18.2. The third kappa shape index (κ3) is 10.9. The van der Waals surface area contributed by atoms with Gasteiger partial charge in [0.15, 0.2) is 23.2 Å². The highest BCUT2D eigenvalue weighted by Crippen LogP contribution is 2.25. The Hall–Kier alpha value is -5.69. The zero-order valence-corrected chi connectivity index (χ0v) is 28.0. The fourth-order valence-electron chi connectivity index (χ4n) is 4.90. The molecule has 0 saturated heterocycles. The zero-order valence-electron chi connectivity index (χ0n) is 28.0. The third-order valence-corrected chi connectivity index (χ3v) is 7.68. The molecule has 6 N–H and O–H groups in total. The van der Waals surface area contributed by atoms with Crippen molar-refractivity contribution in [2.45, 2.75) is 31.7 Å². The average Bonchev–Trinajstić information content (AvgIpc) is 3.10. The number of hydrogen-bond donors (Lipinski definition) is 4. The van der Waals surface area contributed by atoms with Gasteiger partial charge in [0.1, 0.15) is 6.61 Å². The normalized spacial score (nSPS) is 11.6. The molecule has 0 aromatic heterocycles. The van der Waals surface area contributed by atoms with E-state index in [0.29, 0.717) is 42.0 Å². The summed E-state index contributed by atoms with van der Waals surface area (Å²) in [5.74, 6) is -4.15. The van der Waals surface area contributed by atoms with E-state index in [-0.39, 0.29) is 36.4 Å². The van der Waals surface area contributed by atoms with Gasteiger partial charge in [-0.15, -0.1) is 0 Å². The maximum Gasteiger partial charge on any atom is 0.251 e. The van der Waals surface area contributed by atoms with Crippen LogP contribution in [0.2, 0.25) is 0 Å². The first-order valence-electron chi connectivity index (χ1n) is 16.1.